The molecule has 0 saturated heterocycles. The summed E-state index contributed by atoms with van der Waals surface area (Å²) in [5.41, 5.74) is 5.56. The number of esters is 1. The molecular formula is C9H13BrN4O2. The molecule has 0 spiro atoms. The Labute approximate surface area is 102 Å². The van der Waals surface area contributed by atoms with Crippen LogP contribution in [0.15, 0.2) is 10.7 Å². The zero-order valence-corrected chi connectivity index (χ0v) is 10.7. The largest absolute Gasteiger partial charge is 0.465 e. The molecule has 0 atom stereocenters. The quantitative estimate of drug-likeness (QED) is 0.653. The second-order valence-corrected chi connectivity index (χ2v) is 3.89. The van der Waals surface area contributed by atoms with E-state index in [-0.39, 0.29) is 12.5 Å². The molecular weight excluding hydrogens is 276 g/mol. The summed E-state index contributed by atoms with van der Waals surface area (Å²) in [7, 11) is 1.69. The van der Waals surface area contributed by atoms with Gasteiger partial charge in [0.05, 0.1) is 6.61 Å². The first kappa shape index (κ1) is 12.7. The highest BCUT2D eigenvalue weighted by atomic mass is 79.9. The highest BCUT2D eigenvalue weighted by molar-refractivity contribution is 9.10. The number of anilines is 2. The van der Waals surface area contributed by atoms with Crippen molar-refractivity contribution in [2.45, 2.75) is 6.92 Å². The highest BCUT2D eigenvalue weighted by Gasteiger charge is 2.11. The molecule has 1 aromatic heterocycles. The van der Waals surface area contributed by atoms with Crippen molar-refractivity contribution >= 4 is 33.7 Å². The van der Waals surface area contributed by atoms with Gasteiger partial charge in [0.25, 0.3) is 0 Å². The fourth-order valence-electron chi connectivity index (χ4n) is 1.06. The second-order valence-electron chi connectivity index (χ2n) is 3.08. The van der Waals surface area contributed by atoms with Crippen molar-refractivity contribution in [2.24, 2.45) is 0 Å². The SMILES string of the molecule is CCOC(=O)CN(C)c1nc(N)cc(Br)n1. The molecule has 0 aromatic carbocycles. The Morgan fingerprint density at radius 1 is 1.62 bits per heavy atom. The maximum absolute atomic E-state index is 11.2. The van der Waals surface area contributed by atoms with E-state index in [9.17, 15) is 4.79 Å². The van der Waals surface area contributed by atoms with E-state index in [1.54, 1.807) is 24.9 Å². The zero-order valence-electron chi connectivity index (χ0n) is 9.11. The summed E-state index contributed by atoms with van der Waals surface area (Å²) in [5, 5.41) is 0. The molecule has 0 saturated carbocycles. The molecule has 0 bridgehead atoms. The van der Waals surface area contributed by atoms with Gasteiger partial charge in [0.2, 0.25) is 5.95 Å². The van der Waals surface area contributed by atoms with Crippen molar-refractivity contribution in [3.05, 3.63) is 10.7 Å². The number of nitrogens with zero attached hydrogens (tertiary/aromatic N) is 3. The highest BCUT2D eigenvalue weighted by Crippen LogP contribution is 2.14. The van der Waals surface area contributed by atoms with Crippen molar-refractivity contribution < 1.29 is 9.53 Å². The van der Waals surface area contributed by atoms with Crippen molar-refractivity contribution in [3.8, 4) is 0 Å². The lowest BCUT2D eigenvalue weighted by atomic mass is 10.5. The fourth-order valence-corrected chi connectivity index (χ4v) is 1.46. The number of likely N-dealkylation sites (N-methyl/N-ethyl adjacent to an activating group) is 1. The van der Waals surface area contributed by atoms with Crippen molar-refractivity contribution in [1.29, 1.82) is 0 Å². The molecule has 16 heavy (non-hydrogen) atoms. The minimum atomic E-state index is -0.327. The number of ether oxygens (including phenoxy) is 1. The third-order valence-electron chi connectivity index (χ3n) is 1.72. The molecule has 6 nitrogen and oxygen atoms in total. The van der Waals surface area contributed by atoms with Crippen molar-refractivity contribution in [1.82, 2.24) is 9.97 Å². The molecule has 1 heterocycles. The molecule has 0 aliphatic carbocycles. The van der Waals surface area contributed by atoms with Gasteiger partial charge in [-0.05, 0) is 22.9 Å². The summed E-state index contributed by atoms with van der Waals surface area (Å²) in [4.78, 5) is 20.9. The number of aromatic nitrogens is 2. The van der Waals surface area contributed by atoms with Gasteiger partial charge in [0.1, 0.15) is 17.0 Å². The molecule has 0 amide bonds. The summed E-state index contributed by atoms with van der Waals surface area (Å²) in [6.45, 7) is 2.20. The first-order valence-corrected chi connectivity index (χ1v) is 5.49. The minimum absolute atomic E-state index is 0.0870. The maximum Gasteiger partial charge on any atom is 0.325 e. The van der Waals surface area contributed by atoms with Crippen LogP contribution in [-0.4, -0.2) is 36.1 Å². The van der Waals surface area contributed by atoms with Gasteiger partial charge >= 0.3 is 5.97 Å². The van der Waals surface area contributed by atoms with Crippen LogP contribution in [-0.2, 0) is 9.53 Å². The Morgan fingerprint density at radius 2 is 2.31 bits per heavy atom. The Hall–Kier alpha value is -1.37. The summed E-state index contributed by atoms with van der Waals surface area (Å²) in [5.74, 6) is 0.389. The fraction of sp³-hybridized carbons (Fsp3) is 0.444. The van der Waals surface area contributed by atoms with Crippen molar-refractivity contribution in [3.63, 3.8) is 0 Å². The third-order valence-corrected chi connectivity index (χ3v) is 2.12. The molecule has 1 rings (SSSR count). The number of rotatable bonds is 4. The molecule has 88 valence electrons. The second kappa shape index (κ2) is 5.64. The van der Waals surface area contributed by atoms with Gasteiger partial charge in [-0.1, -0.05) is 0 Å². The Balaban J connectivity index is 2.72. The van der Waals surface area contributed by atoms with Crippen LogP contribution in [0, 0.1) is 0 Å². The Morgan fingerprint density at radius 3 is 2.88 bits per heavy atom. The molecule has 0 aliphatic rings. The minimum Gasteiger partial charge on any atom is -0.465 e. The van der Waals surface area contributed by atoms with Gasteiger partial charge < -0.3 is 15.4 Å². The van der Waals surface area contributed by atoms with E-state index in [2.05, 4.69) is 25.9 Å². The van der Waals surface area contributed by atoms with E-state index in [4.69, 9.17) is 10.5 Å². The first-order chi connectivity index (χ1) is 7.52. The molecule has 7 heteroatoms. The average Bonchev–Trinajstić information content (AvgIpc) is 2.16. The number of carbonyl (C=O) groups is 1. The Bertz CT molecular complexity index is 366. The van der Waals surface area contributed by atoms with Crippen LogP contribution in [0.2, 0.25) is 0 Å². The lowest BCUT2D eigenvalue weighted by molar-refractivity contribution is -0.141. The van der Waals surface area contributed by atoms with Crippen LogP contribution in [0.5, 0.6) is 0 Å². The maximum atomic E-state index is 11.2. The smallest absolute Gasteiger partial charge is 0.325 e. The third kappa shape index (κ3) is 3.65. The molecule has 0 radical (unpaired) electrons. The summed E-state index contributed by atoms with van der Waals surface area (Å²) >= 11 is 3.20. The standard InChI is InChI=1S/C9H13BrN4O2/c1-3-16-8(15)5-14(2)9-12-6(10)4-7(11)13-9/h4H,3,5H2,1-2H3,(H2,11,12,13). The first-order valence-electron chi connectivity index (χ1n) is 4.69. The topological polar surface area (TPSA) is 81.3 Å². The normalized spacial score (nSPS) is 9.94. The van der Waals surface area contributed by atoms with Crippen LogP contribution in [0.4, 0.5) is 11.8 Å². The number of nitrogens with two attached hydrogens (primary N) is 1. The number of nitrogen functional groups attached to an aromatic ring is 1. The van der Waals surface area contributed by atoms with E-state index in [0.717, 1.165) is 0 Å². The van der Waals surface area contributed by atoms with Crippen LogP contribution in [0.25, 0.3) is 0 Å². The van der Waals surface area contributed by atoms with Crippen LogP contribution >= 0.6 is 15.9 Å². The number of halogens is 1. The molecule has 0 aliphatic heterocycles. The van der Waals surface area contributed by atoms with E-state index >= 15 is 0 Å². The zero-order chi connectivity index (χ0) is 12.1. The monoisotopic (exact) mass is 288 g/mol. The predicted molar refractivity (Wildman–Crippen MR) is 64.0 cm³/mol. The lowest BCUT2D eigenvalue weighted by Crippen LogP contribution is -2.28. The van der Waals surface area contributed by atoms with Crippen LogP contribution in [0.1, 0.15) is 6.92 Å². The van der Waals surface area contributed by atoms with Crippen LogP contribution in [0.3, 0.4) is 0 Å². The number of hydrogen-bond acceptors (Lipinski definition) is 6. The predicted octanol–water partition coefficient (Wildman–Crippen LogP) is 0.821. The van der Waals surface area contributed by atoms with Gasteiger partial charge in [-0.25, -0.2) is 4.98 Å². The van der Waals surface area contributed by atoms with E-state index in [0.29, 0.717) is 23.0 Å². The van der Waals surface area contributed by atoms with E-state index < -0.39 is 0 Å². The summed E-state index contributed by atoms with van der Waals surface area (Å²) in [6.07, 6.45) is 0. The van der Waals surface area contributed by atoms with E-state index in [1.165, 1.54) is 0 Å². The lowest BCUT2D eigenvalue weighted by Gasteiger charge is -2.16. The Kier molecular flexibility index (Phi) is 4.48. The van der Waals surface area contributed by atoms with Gasteiger partial charge in [-0.15, -0.1) is 0 Å². The van der Waals surface area contributed by atoms with Crippen molar-refractivity contribution in [2.75, 3.05) is 30.8 Å². The number of carbonyl (C=O) groups excluding carboxylic acids is 1. The van der Waals surface area contributed by atoms with E-state index in [1.807, 2.05) is 0 Å². The molecule has 0 fully saturated rings. The average molecular weight is 289 g/mol. The number of hydrogen-bond donors (Lipinski definition) is 1. The van der Waals surface area contributed by atoms with Gasteiger partial charge in [0.15, 0.2) is 0 Å². The molecule has 1 aromatic rings. The van der Waals surface area contributed by atoms with Gasteiger partial charge in [0, 0.05) is 13.1 Å². The van der Waals surface area contributed by atoms with Gasteiger partial charge in [-0.2, -0.15) is 4.98 Å². The molecule has 0 unspecified atom stereocenters. The van der Waals surface area contributed by atoms with Crippen LogP contribution < -0.4 is 10.6 Å². The van der Waals surface area contributed by atoms with Gasteiger partial charge in [-0.3, -0.25) is 4.79 Å². The summed E-state index contributed by atoms with van der Waals surface area (Å²) in [6, 6.07) is 1.59. The molecule has 2 N–H and O–H groups in total. The summed E-state index contributed by atoms with van der Waals surface area (Å²) < 4.78 is 5.39.